The lowest BCUT2D eigenvalue weighted by Gasteiger charge is -2.29. The first-order valence-electron chi connectivity index (χ1n) is 9.22. The Hall–Kier alpha value is -3.66. The van der Waals surface area contributed by atoms with E-state index in [2.05, 4.69) is 10.0 Å². The fourth-order valence-electron chi connectivity index (χ4n) is 3.53. The molecule has 2 aromatic rings. The fraction of sp³-hybridized carbons (Fsp3) is 0.300. The average molecular weight is 454 g/mol. The Morgan fingerprint density at radius 3 is 2.38 bits per heavy atom. The van der Waals surface area contributed by atoms with E-state index >= 15 is 0 Å². The van der Waals surface area contributed by atoms with Crippen molar-refractivity contribution >= 4 is 12.0 Å². The predicted octanol–water partition coefficient (Wildman–Crippen LogP) is 4.88. The molecule has 12 heteroatoms. The molecule has 2 aromatic carbocycles. The van der Waals surface area contributed by atoms with E-state index < -0.39 is 53.4 Å². The number of hydrogen-bond donors (Lipinski definition) is 0. The van der Waals surface area contributed by atoms with E-state index in [4.69, 9.17) is 10.3 Å². The van der Waals surface area contributed by atoms with Crippen LogP contribution in [0.1, 0.15) is 17.0 Å². The standard InChI is InChI=1S/C20H15F5N4O3/c21-13-7-12(8-14(22)9-13)16(20(23,24)25)17(27-28-26)18(30)29-15(10-32-19(29)31)6-11-4-2-1-3-5-11/h1-5,7-9,15-17H,6,10H2/t15-,16?,17-/m0/s1. The number of imide groups is 1. The van der Waals surface area contributed by atoms with Crippen LogP contribution in [0.5, 0.6) is 0 Å². The minimum atomic E-state index is -5.24. The molecular formula is C20H15F5N4O3. The topological polar surface area (TPSA) is 95.4 Å². The van der Waals surface area contributed by atoms with Crippen molar-refractivity contribution in [1.29, 1.82) is 0 Å². The van der Waals surface area contributed by atoms with E-state index in [0.29, 0.717) is 28.7 Å². The minimum absolute atomic E-state index is 0.0760. The van der Waals surface area contributed by atoms with Crippen LogP contribution in [-0.4, -0.2) is 41.8 Å². The van der Waals surface area contributed by atoms with Crippen LogP contribution in [0.2, 0.25) is 0 Å². The van der Waals surface area contributed by atoms with Crippen LogP contribution in [0.15, 0.2) is 53.6 Å². The molecule has 0 spiro atoms. The number of azide groups is 1. The van der Waals surface area contributed by atoms with Crippen LogP contribution in [0.3, 0.4) is 0 Å². The van der Waals surface area contributed by atoms with Crippen molar-refractivity contribution in [2.75, 3.05) is 6.61 Å². The van der Waals surface area contributed by atoms with Gasteiger partial charge < -0.3 is 4.74 Å². The largest absolute Gasteiger partial charge is 0.447 e. The van der Waals surface area contributed by atoms with Gasteiger partial charge >= 0.3 is 12.3 Å². The van der Waals surface area contributed by atoms with Crippen LogP contribution in [0, 0.1) is 11.6 Å². The second kappa shape index (κ2) is 9.23. The second-order valence-corrected chi connectivity index (χ2v) is 7.00. The number of benzene rings is 2. The van der Waals surface area contributed by atoms with Crippen molar-refractivity contribution in [3.63, 3.8) is 0 Å². The van der Waals surface area contributed by atoms with Gasteiger partial charge in [0.25, 0.3) is 0 Å². The zero-order valence-electron chi connectivity index (χ0n) is 16.2. The summed E-state index contributed by atoms with van der Waals surface area (Å²) in [5, 5.41) is 2.96. The molecule has 0 N–H and O–H groups in total. The summed E-state index contributed by atoms with van der Waals surface area (Å²) in [6.07, 6.45) is -6.37. The van der Waals surface area contributed by atoms with Crippen LogP contribution < -0.4 is 0 Å². The SMILES string of the molecule is [N-]=[N+]=N[C@H](C(=O)N1C(=O)OC[C@@H]1Cc1ccccc1)C(c1cc(F)cc(F)c1)C(F)(F)F. The maximum Gasteiger partial charge on any atom is 0.416 e. The first-order chi connectivity index (χ1) is 15.1. The third-order valence-electron chi connectivity index (χ3n) is 4.85. The number of alkyl halides is 3. The molecule has 3 atom stereocenters. The summed E-state index contributed by atoms with van der Waals surface area (Å²) in [6.45, 7) is -0.284. The molecule has 1 unspecified atom stereocenters. The van der Waals surface area contributed by atoms with Gasteiger partial charge in [0.1, 0.15) is 24.3 Å². The van der Waals surface area contributed by atoms with Crippen molar-refractivity contribution in [3.8, 4) is 0 Å². The normalized spacial score (nSPS) is 18.0. The summed E-state index contributed by atoms with van der Waals surface area (Å²) >= 11 is 0. The zero-order chi connectivity index (χ0) is 23.5. The highest BCUT2D eigenvalue weighted by atomic mass is 19.4. The Morgan fingerprint density at radius 2 is 1.81 bits per heavy atom. The molecule has 2 amide bonds. The minimum Gasteiger partial charge on any atom is -0.447 e. The molecule has 1 fully saturated rings. The molecule has 0 aliphatic carbocycles. The molecule has 1 saturated heterocycles. The molecule has 7 nitrogen and oxygen atoms in total. The van der Waals surface area contributed by atoms with Gasteiger partial charge in [0.2, 0.25) is 5.91 Å². The third-order valence-corrected chi connectivity index (χ3v) is 4.85. The summed E-state index contributed by atoms with van der Waals surface area (Å²) in [6, 6.07) is 6.12. The monoisotopic (exact) mass is 454 g/mol. The van der Waals surface area contributed by atoms with Crippen molar-refractivity contribution < 1.29 is 36.3 Å². The van der Waals surface area contributed by atoms with E-state index in [0.717, 1.165) is 0 Å². The summed E-state index contributed by atoms with van der Waals surface area (Å²) in [5.41, 5.74) is 8.53. The van der Waals surface area contributed by atoms with E-state index in [-0.39, 0.29) is 13.0 Å². The van der Waals surface area contributed by atoms with Gasteiger partial charge in [0.05, 0.1) is 12.0 Å². The van der Waals surface area contributed by atoms with E-state index in [1.165, 1.54) is 0 Å². The number of carbonyl (C=O) groups excluding carboxylic acids is 2. The van der Waals surface area contributed by atoms with Crippen LogP contribution >= 0.6 is 0 Å². The summed E-state index contributed by atoms with van der Waals surface area (Å²) in [5.74, 6) is -7.02. The second-order valence-electron chi connectivity index (χ2n) is 7.00. The highest BCUT2D eigenvalue weighted by Crippen LogP contribution is 2.40. The van der Waals surface area contributed by atoms with Gasteiger partial charge in [-0.2, -0.15) is 13.2 Å². The smallest absolute Gasteiger partial charge is 0.416 e. The number of ether oxygens (including phenoxy) is 1. The van der Waals surface area contributed by atoms with Crippen molar-refractivity contribution in [2.45, 2.75) is 30.6 Å². The fourth-order valence-corrected chi connectivity index (χ4v) is 3.53. The van der Waals surface area contributed by atoms with Crippen LogP contribution in [0.25, 0.3) is 10.4 Å². The number of rotatable bonds is 6. The summed E-state index contributed by atoms with van der Waals surface area (Å²) in [4.78, 5) is 28.0. The van der Waals surface area contributed by atoms with Crippen molar-refractivity contribution in [2.24, 2.45) is 5.11 Å². The average Bonchev–Trinajstić information content (AvgIpc) is 3.06. The number of halogens is 5. The molecular weight excluding hydrogens is 439 g/mol. The molecule has 1 aliphatic rings. The third kappa shape index (κ3) is 4.97. The lowest BCUT2D eigenvalue weighted by atomic mass is 9.89. The van der Waals surface area contributed by atoms with Crippen molar-refractivity contribution in [1.82, 2.24) is 4.90 Å². The lowest BCUT2D eigenvalue weighted by Crippen LogP contribution is -2.49. The Balaban J connectivity index is 2.01. The van der Waals surface area contributed by atoms with E-state index in [1.54, 1.807) is 30.3 Å². The van der Waals surface area contributed by atoms with Crippen LogP contribution in [0.4, 0.5) is 26.7 Å². The Kier molecular flexibility index (Phi) is 6.64. The Bertz CT molecular complexity index is 1040. The maximum atomic E-state index is 13.9. The molecule has 0 bridgehead atoms. The molecule has 0 radical (unpaired) electrons. The van der Waals surface area contributed by atoms with Gasteiger partial charge in [-0.1, -0.05) is 35.4 Å². The zero-order valence-corrected chi connectivity index (χ0v) is 16.2. The van der Waals surface area contributed by atoms with Gasteiger partial charge in [-0.25, -0.2) is 18.5 Å². The highest BCUT2D eigenvalue weighted by molar-refractivity contribution is 5.97. The molecule has 3 rings (SSSR count). The summed E-state index contributed by atoms with van der Waals surface area (Å²) < 4.78 is 73.8. The maximum absolute atomic E-state index is 13.9. The number of amides is 2. The number of cyclic esters (lactones) is 1. The van der Waals surface area contributed by atoms with Gasteiger partial charge in [0, 0.05) is 11.0 Å². The van der Waals surface area contributed by atoms with Crippen molar-refractivity contribution in [3.05, 3.63) is 81.7 Å². The molecule has 168 valence electrons. The van der Waals surface area contributed by atoms with Gasteiger partial charge in [-0.05, 0) is 35.2 Å². The van der Waals surface area contributed by atoms with Gasteiger partial charge in [0.15, 0.2) is 0 Å². The van der Waals surface area contributed by atoms with Crippen LogP contribution in [-0.2, 0) is 16.0 Å². The highest BCUT2D eigenvalue weighted by Gasteiger charge is 2.52. The summed E-state index contributed by atoms with van der Waals surface area (Å²) in [7, 11) is 0. The van der Waals surface area contributed by atoms with Gasteiger partial charge in [-0.15, -0.1) is 0 Å². The van der Waals surface area contributed by atoms with E-state index in [1.807, 2.05) is 0 Å². The first kappa shape index (κ1) is 23.0. The molecule has 0 aromatic heterocycles. The number of nitrogens with zero attached hydrogens (tertiary/aromatic N) is 4. The Morgan fingerprint density at radius 1 is 1.19 bits per heavy atom. The Labute approximate surface area is 178 Å². The molecule has 32 heavy (non-hydrogen) atoms. The van der Waals surface area contributed by atoms with Gasteiger partial charge in [-0.3, -0.25) is 4.79 Å². The predicted molar refractivity (Wildman–Crippen MR) is 100 cm³/mol. The quantitative estimate of drug-likeness (QED) is 0.269. The number of carbonyl (C=O) groups is 2. The molecule has 1 heterocycles. The number of hydrogen-bond acceptors (Lipinski definition) is 4. The molecule has 1 aliphatic heterocycles. The lowest BCUT2D eigenvalue weighted by molar-refractivity contribution is -0.163. The molecule has 0 saturated carbocycles. The van der Waals surface area contributed by atoms with E-state index in [9.17, 15) is 31.5 Å². The first-order valence-corrected chi connectivity index (χ1v) is 9.22.